The summed E-state index contributed by atoms with van der Waals surface area (Å²) in [6.07, 6.45) is 3.94. The highest BCUT2D eigenvalue weighted by molar-refractivity contribution is 5.78. The molecule has 3 nitrogen and oxygen atoms in total. The molecule has 3 rings (SSSR count). The summed E-state index contributed by atoms with van der Waals surface area (Å²) in [7, 11) is 0. The van der Waals surface area contributed by atoms with Crippen molar-refractivity contribution < 1.29 is 4.79 Å². The van der Waals surface area contributed by atoms with E-state index in [1.165, 1.54) is 27.8 Å². The first-order chi connectivity index (χ1) is 13.6. The maximum absolute atomic E-state index is 12.7. The van der Waals surface area contributed by atoms with Gasteiger partial charge in [-0.2, -0.15) is 0 Å². The van der Waals surface area contributed by atoms with Gasteiger partial charge in [-0.1, -0.05) is 56.3 Å². The Bertz CT molecular complexity index is 791. The molecule has 0 bridgehead atoms. The van der Waals surface area contributed by atoms with Crippen LogP contribution in [0.15, 0.2) is 42.5 Å². The summed E-state index contributed by atoms with van der Waals surface area (Å²) < 4.78 is 0. The van der Waals surface area contributed by atoms with Crippen LogP contribution in [-0.2, 0) is 30.7 Å². The number of carbonyl (C=O) groups is 1. The van der Waals surface area contributed by atoms with Crippen molar-refractivity contribution in [1.29, 1.82) is 0 Å². The van der Waals surface area contributed by atoms with Crippen LogP contribution in [0, 0.1) is 12.8 Å². The molecule has 2 aromatic rings. The van der Waals surface area contributed by atoms with E-state index in [0.717, 1.165) is 45.3 Å². The van der Waals surface area contributed by atoms with Gasteiger partial charge in [-0.05, 0) is 73.5 Å². The van der Waals surface area contributed by atoms with Gasteiger partial charge < -0.3 is 5.32 Å². The summed E-state index contributed by atoms with van der Waals surface area (Å²) in [4.78, 5) is 15.2. The highest BCUT2D eigenvalue weighted by Gasteiger charge is 2.25. The van der Waals surface area contributed by atoms with Crippen molar-refractivity contribution >= 4 is 5.91 Å². The number of amides is 1. The van der Waals surface area contributed by atoms with Crippen molar-refractivity contribution in [3.8, 4) is 0 Å². The van der Waals surface area contributed by atoms with Gasteiger partial charge in [0.2, 0.25) is 5.91 Å². The zero-order chi connectivity index (χ0) is 19.9. The summed E-state index contributed by atoms with van der Waals surface area (Å²) in [5, 5.41) is 3.21. The minimum absolute atomic E-state index is 0.146. The zero-order valence-corrected chi connectivity index (χ0v) is 17.6. The van der Waals surface area contributed by atoms with E-state index < -0.39 is 0 Å². The van der Waals surface area contributed by atoms with E-state index in [2.05, 4.69) is 73.5 Å². The van der Waals surface area contributed by atoms with E-state index in [9.17, 15) is 4.79 Å². The van der Waals surface area contributed by atoms with Gasteiger partial charge in [-0.3, -0.25) is 9.69 Å². The van der Waals surface area contributed by atoms with Gasteiger partial charge in [-0.25, -0.2) is 0 Å². The summed E-state index contributed by atoms with van der Waals surface area (Å²) in [6.45, 7) is 10.2. The van der Waals surface area contributed by atoms with Crippen LogP contribution in [0.1, 0.15) is 54.5 Å². The lowest BCUT2D eigenvalue weighted by atomic mass is 9.94. The van der Waals surface area contributed by atoms with Crippen molar-refractivity contribution in [1.82, 2.24) is 10.2 Å². The number of piperidine rings is 1. The number of aryl methyl sites for hydroxylation is 3. The van der Waals surface area contributed by atoms with Crippen LogP contribution >= 0.6 is 0 Å². The largest absolute Gasteiger partial charge is 0.352 e. The third-order valence-electron chi connectivity index (χ3n) is 6.13. The molecule has 0 unspecified atom stereocenters. The van der Waals surface area contributed by atoms with E-state index in [-0.39, 0.29) is 11.8 Å². The average molecular weight is 379 g/mol. The van der Waals surface area contributed by atoms with E-state index in [0.29, 0.717) is 6.54 Å². The van der Waals surface area contributed by atoms with Gasteiger partial charge >= 0.3 is 0 Å². The Morgan fingerprint density at radius 1 is 1.00 bits per heavy atom. The monoisotopic (exact) mass is 378 g/mol. The molecule has 28 heavy (non-hydrogen) atoms. The topological polar surface area (TPSA) is 32.3 Å². The molecule has 1 heterocycles. The molecule has 3 heteroatoms. The molecule has 1 aliphatic rings. The fourth-order valence-corrected chi connectivity index (χ4v) is 4.12. The molecule has 1 aliphatic heterocycles. The first-order valence-electron chi connectivity index (χ1n) is 10.8. The van der Waals surface area contributed by atoms with Gasteiger partial charge in [0, 0.05) is 19.0 Å². The molecular weight excluding hydrogens is 344 g/mol. The number of carbonyl (C=O) groups excluding carboxylic acids is 1. The van der Waals surface area contributed by atoms with Crippen molar-refractivity contribution in [2.75, 3.05) is 13.1 Å². The highest BCUT2D eigenvalue weighted by Crippen LogP contribution is 2.21. The Morgan fingerprint density at radius 3 is 2.43 bits per heavy atom. The SMILES string of the molecule is CCc1ccc(CC)c(CNC(=O)C2CCN(Cc3ccccc3C)CC2)c1. The minimum Gasteiger partial charge on any atom is -0.352 e. The maximum Gasteiger partial charge on any atom is 0.223 e. The second-order valence-electron chi connectivity index (χ2n) is 8.00. The number of hydrogen-bond acceptors (Lipinski definition) is 2. The summed E-state index contributed by atoms with van der Waals surface area (Å²) in [5.41, 5.74) is 6.69. The number of likely N-dealkylation sites (tertiary alicyclic amines) is 1. The van der Waals surface area contributed by atoms with Gasteiger partial charge in [0.25, 0.3) is 0 Å². The van der Waals surface area contributed by atoms with Crippen molar-refractivity contribution in [3.63, 3.8) is 0 Å². The Balaban J connectivity index is 1.50. The predicted octanol–water partition coefficient (Wildman–Crippen LogP) is 4.65. The van der Waals surface area contributed by atoms with Crippen LogP contribution < -0.4 is 5.32 Å². The molecule has 150 valence electrons. The van der Waals surface area contributed by atoms with Crippen LogP contribution in [0.2, 0.25) is 0 Å². The van der Waals surface area contributed by atoms with Crippen molar-refractivity contribution in [3.05, 3.63) is 70.3 Å². The number of nitrogens with zero attached hydrogens (tertiary/aromatic N) is 1. The van der Waals surface area contributed by atoms with Crippen LogP contribution in [0.3, 0.4) is 0 Å². The standard InChI is InChI=1S/C25H34N2O/c1-4-20-10-11-21(5-2)24(16-20)17-26-25(28)22-12-14-27(15-13-22)18-23-9-7-6-8-19(23)3/h6-11,16,22H,4-5,12-15,17-18H2,1-3H3,(H,26,28). The van der Waals surface area contributed by atoms with Crippen molar-refractivity contribution in [2.45, 2.75) is 59.5 Å². The number of nitrogens with one attached hydrogen (secondary N) is 1. The summed E-state index contributed by atoms with van der Waals surface area (Å²) in [5.74, 6) is 0.368. The lowest BCUT2D eigenvalue weighted by Crippen LogP contribution is -2.40. The smallest absolute Gasteiger partial charge is 0.223 e. The quantitative estimate of drug-likeness (QED) is 0.761. The highest BCUT2D eigenvalue weighted by atomic mass is 16.1. The van der Waals surface area contributed by atoms with Gasteiger partial charge in [0.15, 0.2) is 0 Å². The lowest BCUT2D eigenvalue weighted by molar-refractivity contribution is -0.126. The number of hydrogen-bond donors (Lipinski definition) is 1. The second kappa shape index (κ2) is 9.88. The Labute approximate surface area is 170 Å². The normalized spacial score (nSPS) is 15.5. The van der Waals surface area contributed by atoms with Crippen LogP contribution in [-0.4, -0.2) is 23.9 Å². The third kappa shape index (κ3) is 5.23. The molecule has 0 spiro atoms. The molecule has 0 aliphatic carbocycles. The van der Waals surface area contributed by atoms with Crippen molar-refractivity contribution in [2.24, 2.45) is 5.92 Å². The first-order valence-corrected chi connectivity index (χ1v) is 10.8. The number of benzene rings is 2. The molecule has 0 saturated carbocycles. The van der Waals surface area contributed by atoms with E-state index in [1.807, 2.05) is 0 Å². The molecule has 2 aromatic carbocycles. The third-order valence-corrected chi connectivity index (χ3v) is 6.13. The summed E-state index contributed by atoms with van der Waals surface area (Å²) >= 11 is 0. The van der Waals surface area contributed by atoms with E-state index in [4.69, 9.17) is 0 Å². The molecule has 0 aromatic heterocycles. The molecule has 1 amide bonds. The van der Waals surface area contributed by atoms with E-state index >= 15 is 0 Å². The Hall–Kier alpha value is -2.13. The second-order valence-corrected chi connectivity index (χ2v) is 8.00. The lowest BCUT2D eigenvalue weighted by Gasteiger charge is -2.31. The number of rotatable bonds is 7. The van der Waals surface area contributed by atoms with Gasteiger partial charge in [-0.15, -0.1) is 0 Å². The maximum atomic E-state index is 12.7. The minimum atomic E-state index is 0.146. The fourth-order valence-electron chi connectivity index (χ4n) is 4.12. The molecule has 0 radical (unpaired) electrons. The average Bonchev–Trinajstić information content (AvgIpc) is 2.74. The van der Waals surface area contributed by atoms with Gasteiger partial charge in [0.1, 0.15) is 0 Å². The van der Waals surface area contributed by atoms with Crippen LogP contribution in [0.4, 0.5) is 0 Å². The van der Waals surface area contributed by atoms with Crippen LogP contribution in [0.5, 0.6) is 0 Å². The Morgan fingerprint density at radius 2 is 1.75 bits per heavy atom. The molecule has 1 fully saturated rings. The first kappa shape index (κ1) is 20.6. The molecule has 1 saturated heterocycles. The van der Waals surface area contributed by atoms with Gasteiger partial charge in [0.05, 0.1) is 0 Å². The molecule has 0 atom stereocenters. The predicted molar refractivity (Wildman–Crippen MR) is 116 cm³/mol. The zero-order valence-electron chi connectivity index (χ0n) is 17.6. The molecule has 1 N–H and O–H groups in total. The van der Waals surface area contributed by atoms with E-state index in [1.54, 1.807) is 0 Å². The summed E-state index contributed by atoms with van der Waals surface area (Å²) in [6, 6.07) is 15.3. The fraction of sp³-hybridized carbons (Fsp3) is 0.480. The molecular formula is C25H34N2O. The Kier molecular flexibility index (Phi) is 7.27. The van der Waals surface area contributed by atoms with Crippen LogP contribution in [0.25, 0.3) is 0 Å².